The Balaban J connectivity index is 4.04. The molecular formula is C12H26O4S. The average Bonchev–Trinajstić information content (AvgIpc) is 2.24. The van der Waals surface area contributed by atoms with Crippen LogP contribution < -0.4 is 0 Å². The summed E-state index contributed by atoms with van der Waals surface area (Å²) in [5, 5.41) is 0. The summed E-state index contributed by atoms with van der Waals surface area (Å²) in [6.07, 6.45) is 0.747. The van der Waals surface area contributed by atoms with Crippen molar-refractivity contribution in [2.45, 2.75) is 46.8 Å². The molecule has 0 aromatic heterocycles. The Bertz CT molecular complexity index is 266. The van der Waals surface area contributed by atoms with Crippen molar-refractivity contribution in [2.75, 3.05) is 24.7 Å². The van der Waals surface area contributed by atoms with Crippen molar-refractivity contribution in [1.82, 2.24) is 0 Å². The van der Waals surface area contributed by atoms with E-state index in [0.29, 0.717) is 25.6 Å². The van der Waals surface area contributed by atoms with Crippen LogP contribution in [0.5, 0.6) is 0 Å². The van der Waals surface area contributed by atoms with E-state index in [0.717, 1.165) is 6.42 Å². The molecule has 0 saturated carbocycles. The van der Waals surface area contributed by atoms with Gasteiger partial charge in [0.2, 0.25) is 0 Å². The summed E-state index contributed by atoms with van der Waals surface area (Å²) in [5.41, 5.74) is 0. The second-order valence-corrected chi connectivity index (χ2v) is 6.77. The Morgan fingerprint density at radius 1 is 0.941 bits per heavy atom. The molecule has 17 heavy (non-hydrogen) atoms. The Hall–Kier alpha value is -0.130. The first-order valence-electron chi connectivity index (χ1n) is 6.34. The Morgan fingerprint density at radius 3 is 1.82 bits per heavy atom. The zero-order chi connectivity index (χ0) is 13.3. The van der Waals surface area contributed by atoms with Crippen LogP contribution in [0.3, 0.4) is 0 Å². The molecule has 104 valence electrons. The minimum absolute atomic E-state index is 0.143. The molecule has 0 aliphatic heterocycles. The minimum atomic E-state index is -2.97. The third-order valence-electron chi connectivity index (χ3n) is 2.38. The molecule has 0 rings (SSSR count). The van der Waals surface area contributed by atoms with Gasteiger partial charge in [0.05, 0.1) is 11.5 Å². The smallest absolute Gasteiger partial charge is 0.158 e. The van der Waals surface area contributed by atoms with Gasteiger partial charge in [0.25, 0.3) is 0 Å². The van der Waals surface area contributed by atoms with E-state index in [-0.39, 0.29) is 17.8 Å². The van der Waals surface area contributed by atoms with Crippen LogP contribution in [0.25, 0.3) is 0 Å². The third kappa shape index (κ3) is 9.56. The van der Waals surface area contributed by atoms with E-state index in [1.165, 1.54) is 0 Å². The molecule has 0 spiro atoms. The molecule has 0 bridgehead atoms. The normalized spacial score (nSPS) is 12.6. The minimum Gasteiger partial charge on any atom is -0.353 e. The van der Waals surface area contributed by atoms with E-state index in [9.17, 15) is 8.42 Å². The molecule has 0 N–H and O–H groups in total. The molecule has 0 aliphatic rings. The topological polar surface area (TPSA) is 52.6 Å². The molecule has 0 amide bonds. The molecule has 0 atom stereocenters. The third-order valence-corrected chi connectivity index (χ3v) is 4.09. The largest absolute Gasteiger partial charge is 0.353 e. The van der Waals surface area contributed by atoms with Crippen LogP contribution in [-0.2, 0) is 19.3 Å². The van der Waals surface area contributed by atoms with Gasteiger partial charge in [-0.15, -0.1) is 0 Å². The Kier molecular flexibility index (Phi) is 8.82. The summed E-state index contributed by atoms with van der Waals surface area (Å²) in [6, 6.07) is 0. The number of ether oxygens (including phenoxy) is 2. The van der Waals surface area contributed by atoms with Crippen LogP contribution in [0.4, 0.5) is 0 Å². The highest BCUT2D eigenvalue weighted by molar-refractivity contribution is 7.91. The number of sulfone groups is 1. The fourth-order valence-corrected chi connectivity index (χ4v) is 2.97. The summed E-state index contributed by atoms with van der Waals surface area (Å²) < 4.78 is 34.1. The van der Waals surface area contributed by atoms with Crippen molar-refractivity contribution >= 4 is 9.84 Å². The Labute approximate surface area is 106 Å². The van der Waals surface area contributed by atoms with Gasteiger partial charge in [-0.1, -0.05) is 13.8 Å². The standard InChI is InChI=1S/C12H26O4S/c1-5-15-12(16-6-2)8-10-17(13,14)9-7-11(3)4/h11-12H,5-10H2,1-4H3. The molecule has 4 nitrogen and oxygen atoms in total. The molecule has 0 fully saturated rings. The molecular weight excluding hydrogens is 240 g/mol. The molecule has 0 aromatic carbocycles. The van der Waals surface area contributed by atoms with Gasteiger partial charge >= 0.3 is 0 Å². The zero-order valence-corrected chi connectivity index (χ0v) is 12.3. The van der Waals surface area contributed by atoms with Gasteiger partial charge in [-0.05, 0) is 26.2 Å². The van der Waals surface area contributed by atoms with Gasteiger partial charge in [-0.2, -0.15) is 0 Å². The molecule has 0 aliphatic carbocycles. The summed E-state index contributed by atoms with van der Waals surface area (Å²) in [6.45, 7) is 8.88. The van der Waals surface area contributed by atoms with Crippen LogP contribution in [-0.4, -0.2) is 39.4 Å². The summed E-state index contributed by atoms with van der Waals surface area (Å²) in [5.74, 6) is 0.819. The van der Waals surface area contributed by atoms with Gasteiger partial charge in [0.1, 0.15) is 0 Å². The number of rotatable bonds is 10. The number of hydrogen-bond donors (Lipinski definition) is 0. The van der Waals surface area contributed by atoms with Gasteiger partial charge in [-0.25, -0.2) is 8.42 Å². The first-order chi connectivity index (χ1) is 7.91. The predicted octanol–water partition coefficient (Wildman–Crippen LogP) is 2.24. The fourth-order valence-electron chi connectivity index (χ4n) is 1.38. The van der Waals surface area contributed by atoms with Gasteiger partial charge < -0.3 is 9.47 Å². The Morgan fingerprint density at radius 2 is 1.41 bits per heavy atom. The van der Waals surface area contributed by atoms with Crippen LogP contribution in [0, 0.1) is 5.92 Å². The highest BCUT2D eigenvalue weighted by atomic mass is 32.2. The molecule has 0 heterocycles. The maximum atomic E-state index is 11.7. The van der Waals surface area contributed by atoms with Crippen molar-refractivity contribution in [3.8, 4) is 0 Å². The van der Waals surface area contributed by atoms with Gasteiger partial charge in [0.15, 0.2) is 16.1 Å². The summed E-state index contributed by atoms with van der Waals surface area (Å²) in [7, 11) is -2.97. The van der Waals surface area contributed by atoms with E-state index in [4.69, 9.17) is 9.47 Å². The lowest BCUT2D eigenvalue weighted by atomic mass is 10.2. The maximum Gasteiger partial charge on any atom is 0.158 e. The molecule has 0 aromatic rings. The van der Waals surface area contributed by atoms with E-state index >= 15 is 0 Å². The van der Waals surface area contributed by atoms with Crippen molar-refractivity contribution < 1.29 is 17.9 Å². The molecule has 0 radical (unpaired) electrons. The summed E-state index contributed by atoms with van der Waals surface area (Å²) in [4.78, 5) is 0. The lowest BCUT2D eigenvalue weighted by Gasteiger charge is -2.16. The van der Waals surface area contributed by atoms with Crippen molar-refractivity contribution in [2.24, 2.45) is 5.92 Å². The molecule has 0 unspecified atom stereocenters. The lowest BCUT2D eigenvalue weighted by Crippen LogP contribution is -2.23. The highest BCUT2D eigenvalue weighted by Crippen LogP contribution is 2.08. The lowest BCUT2D eigenvalue weighted by molar-refractivity contribution is -0.136. The van der Waals surface area contributed by atoms with Crippen molar-refractivity contribution in [1.29, 1.82) is 0 Å². The quantitative estimate of drug-likeness (QED) is 0.569. The summed E-state index contributed by atoms with van der Waals surface area (Å²) >= 11 is 0. The van der Waals surface area contributed by atoms with E-state index in [2.05, 4.69) is 0 Å². The van der Waals surface area contributed by atoms with Gasteiger partial charge in [0, 0.05) is 19.6 Å². The SMILES string of the molecule is CCOC(CCS(=O)(=O)CCC(C)C)OCC. The molecule has 0 saturated heterocycles. The average molecular weight is 266 g/mol. The van der Waals surface area contributed by atoms with E-state index < -0.39 is 9.84 Å². The monoisotopic (exact) mass is 266 g/mol. The predicted molar refractivity (Wildman–Crippen MR) is 69.8 cm³/mol. The zero-order valence-electron chi connectivity index (χ0n) is 11.4. The highest BCUT2D eigenvalue weighted by Gasteiger charge is 2.16. The van der Waals surface area contributed by atoms with Crippen molar-refractivity contribution in [3.63, 3.8) is 0 Å². The van der Waals surface area contributed by atoms with Crippen LogP contribution in [0.2, 0.25) is 0 Å². The number of hydrogen-bond acceptors (Lipinski definition) is 4. The van der Waals surface area contributed by atoms with Crippen molar-refractivity contribution in [3.05, 3.63) is 0 Å². The van der Waals surface area contributed by atoms with Crippen LogP contribution >= 0.6 is 0 Å². The van der Waals surface area contributed by atoms with E-state index in [1.807, 2.05) is 27.7 Å². The van der Waals surface area contributed by atoms with Crippen LogP contribution in [0.1, 0.15) is 40.5 Å². The maximum absolute atomic E-state index is 11.7. The first-order valence-corrected chi connectivity index (χ1v) is 8.17. The second kappa shape index (κ2) is 8.89. The first kappa shape index (κ1) is 16.9. The van der Waals surface area contributed by atoms with Crippen LogP contribution in [0.15, 0.2) is 0 Å². The van der Waals surface area contributed by atoms with E-state index in [1.54, 1.807) is 0 Å². The fraction of sp³-hybridized carbons (Fsp3) is 1.00. The molecule has 5 heteroatoms. The van der Waals surface area contributed by atoms with Gasteiger partial charge in [-0.3, -0.25) is 0 Å². The second-order valence-electron chi connectivity index (χ2n) is 4.46.